The number of benzene rings is 1. The van der Waals surface area contributed by atoms with E-state index in [-0.39, 0.29) is 17.9 Å². The molecular formula is C14H15NO3. The second kappa shape index (κ2) is 4.74. The van der Waals surface area contributed by atoms with Crippen LogP contribution in [-0.2, 0) is 0 Å². The normalized spacial score (nSPS) is 18.3. The monoisotopic (exact) mass is 245 g/mol. The standard InChI is InChI=1S/C14H15NO3/c1-9(7-8-10(2)16)15-13(17)11-5-3-4-6-12(11)14(15)18/h3-10,16H,1-2H3/b8-7-/t9-,10-/m0/s1. The number of imide groups is 1. The van der Waals surface area contributed by atoms with E-state index in [9.17, 15) is 14.7 Å². The van der Waals surface area contributed by atoms with Crippen LogP contribution in [0.5, 0.6) is 0 Å². The zero-order valence-corrected chi connectivity index (χ0v) is 10.3. The lowest BCUT2D eigenvalue weighted by molar-refractivity contribution is 0.0624. The van der Waals surface area contributed by atoms with E-state index in [1.807, 2.05) is 0 Å². The lowest BCUT2D eigenvalue weighted by atomic mass is 10.1. The highest BCUT2D eigenvalue weighted by Crippen LogP contribution is 2.24. The minimum absolute atomic E-state index is 0.279. The smallest absolute Gasteiger partial charge is 0.262 e. The number of fused-ring (bicyclic) bond motifs is 1. The summed E-state index contributed by atoms with van der Waals surface area (Å²) in [6.45, 7) is 3.37. The summed E-state index contributed by atoms with van der Waals surface area (Å²) in [5.41, 5.74) is 0.889. The van der Waals surface area contributed by atoms with Gasteiger partial charge in [-0.05, 0) is 26.0 Å². The van der Waals surface area contributed by atoms with Crippen molar-refractivity contribution in [2.24, 2.45) is 0 Å². The zero-order chi connectivity index (χ0) is 13.3. The first-order chi connectivity index (χ1) is 8.52. The van der Waals surface area contributed by atoms with Crippen LogP contribution in [0.3, 0.4) is 0 Å². The van der Waals surface area contributed by atoms with E-state index in [0.717, 1.165) is 0 Å². The Hall–Kier alpha value is -1.94. The molecule has 1 N–H and O–H groups in total. The molecule has 2 atom stereocenters. The Labute approximate surface area is 106 Å². The molecule has 4 heteroatoms. The van der Waals surface area contributed by atoms with Gasteiger partial charge in [-0.25, -0.2) is 0 Å². The lowest BCUT2D eigenvalue weighted by Gasteiger charge is -2.19. The maximum Gasteiger partial charge on any atom is 0.262 e. The minimum atomic E-state index is -0.595. The van der Waals surface area contributed by atoms with Gasteiger partial charge in [-0.2, -0.15) is 0 Å². The van der Waals surface area contributed by atoms with E-state index in [2.05, 4.69) is 0 Å². The number of carbonyl (C=O) groups is 2. The number of hydrogen-bond acceptors (Lipinski definition) is 3. The SMILES string of the molecule is C[C@H](O)/C=C\[C@H](C)N1C(=O)c2ccccc2C1=O. The average molecular weight is 245 g/mol. The summed E-state index contributed by atoms with van der Waals surface area (Å²) in [5, 5.41) is 9.17. The highest BCUT2D eigenvalue weighted by atomic mass is 16.3. The van der Waals surface area contributed by atoms with E-state index < -0.39 is 6.10 Å². The van der Waals surface area contributed by atoms with Crippen LogP contribution in [0.2, 0.25) is 0 Å². The molecule has 1 aromatic carbocycles. The van der Waals surface area contributed by atoms with Crippen LogP contribution < -0.4 is 0 Å². The van der Waals surface area contributed by atoms with Crippen molar-refractivity contribution in [2.75, 3.05) is 0 Å². The molecule has 0 spiro atoms. The summed E-state index contributed by atoms with van der Waals surface area (Å²) in [7, 11) is 0. The van der Waals surface area contributed by atoms with Crippen molar-refractivity contribution < 1.29 is 14.7 Å². The predicted molar refractivity (Wildman–Crippen MR) is 67.2 cm³/mol. The summed E-state index contributed by atoms with van der Waals surface area (Å²) in [6, 6.07) is 6.42. The third-order valence-corrected chi connectivity index (χ3v) is 2.90. The Balaban J connectivity index is 2.28. The van der Waals surface area contributed by atoms with Gasteiger partial charge < -0.3 is 5.11 Å². The molecule has 94 valence electrons. The third kappa shape index (κ3) is 2.07. The molecule has 0 fully saturated rings. The van der Waals surface area contributed by atoms with E-state index in [1.54, 1.807) is 50.3 Å². The Bertz CT molecular complexity index is 485. The molecule has 0 saturated carbocycles. The van der Waals surface area contributed by atoms with Crippen molar-refractivity contribution in [1.82, 2.24) is 4.90 Å². The highest BCUT2D eigenvalue weighted by Gasteiger charge is 2.37. The maximum absolute atomic E-state index is 12.1. The van der Waals surface area contributed by atoms with Gasteiger partial charge in [0, 0.05) is 0 Å². The number of amides is 2. The molecule has 0 saturated heterocycles. The Kier molecular flexibility index (Phi) is 3.30. The van der Waals surface area contributed by atoms with Gasteiger partial charge in [0.15, 0.2) is 0 Å². The lowest BCUT2D eigenvalue weighted by Crippen LogP contribution is -2.36. The van der Waals surface area contributed by atoms with Crippen molar-refractivity contribution in [3.63, 3.8) is 0 Å². The van der Waals surface area contributed by atoms with Crippen LogP contribution in [0.25, 0.3) is 0 Å². The van der Waals surface area contributed by atoms with Crippen molar-refractivity contribution in [1.29, 1.82) is 0 Å². The first-order valence-corrected chi connectivity index (χ1v) is 5.85. The molecule has 1 aliphatic heterocycles. The first-order valence-electron chi connectivity index (χ1n) is 5.85. The van der Waals surface area contributed by atoms with Gasteiger partial charge in [-0.1, -0.05) is 24.3 Å². The molecular weight excluding hydrogens is 230 g/mol. The maximum atomic E-state index is 12.1. The van der Waals surface area contributed by atoms with E-state index in [4.69, 9.17) is 0 Å². The number of nitrogens with zero attached hydrogens (tertiary/aromatic N) is 1. The van der Waals surface area contributed by atoms with Gasteiger partial charge in [0.1, 0.15) is 0 Å². The van der Waals surface area contributed by atoms with E-state index in [1.165, 1.54) is 4.90 Å². The minimum Gasteiger partial charge on any atom is -0.389 e. The van der Waals surface area contributed by atoms with Gasteiger partial charge in [0.05, 0.1) is 23.3 Å². The summed E-state index contributed by atoms with van der Waals surface area (Å²) >= 11 is 0. The van der Waals surface area contributed by atoms with Gasteiger partial charge in [0.2, 0.25) is 0 Å². The molecule has 18 heavy (non-hydrogen) atoms. The molecule has 1 aromatic rings. The molecule has 0 aliphatic carbocycles. The van der Waals surface area contributed by atoms with E-state index in [0.29, 0.717) is 11.1 Å². The van der Waals surface area contributed by atoms with Crippen LogP contribution in [0.4, 0.5) is 0 Å². The molecule has 2 rings (SSSR count). The third-order valence-electron chi connectivity index (χ3n) is 2.90. The molecule has 0 radical (unpaired) electrons. The van der Waals surface area contributed by atoms with Crippen LogP contribution in [0, 0.1) is 0 Å². The average Bonchev–Trinajstić information content (AvgIpc) is 2.60. The number of aliphatic hydroxyl groups is 1. The fraction of sp³-hybridized carbons (Fsp3) is 0.286. The van der Waals surface area contributed by atoms with Crippen LogP contribution in [0.15, 0.2) is 36.4 Å². The quantitative estimate of drug-likeness (QED) is 0.650. The molecule has 1 aliphatic rings. The first kappa shape index (κ1) is 12.5. The fourth-order valence-electron chi connectivity index (χ4n) is 1.99. The molecule has 2 amide bonds. The van der Waals surface area contributed by atoms with Gasteiger partial charge in [-0.15, -0.1) is 0 Å². The summed E-state index contributed by atoms with van der Waals surface area (Å²) in [5.74, 6) is -0.559. The zero-order valence-electron chi connectivity index (χ0n) is 10.3. The Morgan fingerprint density at radius 1 is 1.06 bits per heavy atom. The van der Waals surface area contributed by atoms with Gasteiger partial charge >= 0.3 is 0 Å². The van der Waals surface area contributed by atoms with Crippen LogP contribution >= 0.6 is 0 Å². The molecule has 0 unspecified atom stereocenters. The largest absolute Gasteiger partial charge is 0.389 e. The highest BCUT2D eigenvalue weighted by molar-refractivity contribution is 6.21. The van der Waals surface area contributed by atoms with Crippen LogP contribution in [-0.4, -0.2) is 34.0 Å². The summed E-state index contributed by atoms with van der Waals surface area (Å²) < 4.78 is 0. The number of hydrogen-bond donors (Lipinski definition) is 1. The van der Waals surface area contributed by atoms with Crippen molar-refractivity contribution >= 4 is 11.8 Å². The van der Waals surface area contributed by atoms with Crippen molar-refractivity contribution in [3.05, 3.63) is 47.5 Å². The van der Waals surface area contributed by atoms with Crippen LogP contribution in [0.1, 0.15) is 34.6 Å². The predicted octanol–water partition coefficient (Wildman–Crippen LogP) is 1.61. The number of carbonyl (C=O) groups excluding carboxylic acids is 2. The number of rotatable bonds is 3. The molecule has 4 nitrogen and oxygen atoms in total. The molecule has 0 bridgehead atoms. The van der Waals surface area contributed by atoms with Crippen molar-refractivity contribution in [2.45, 2.75) is 26.0 Å². The second-order valence-electron chi connectivity index (χ2n) is 4.39. The van der Waals surface area contributed by atoms with Crippen molar-refractivity contribution in [3.8, 4) is 0 Å². The topological polar surface area (TPSA) is 57.6 Å². The Morgan fingerprint density at radius 3 is 2.00 bits per heavy atom. The van der Waals surface area contributed by atoms with E-state index >= 15 is 0 Å². The number of aliphatic hydroxyl groups excluding tert-OH is 1. The van der Waals surface area contributed by atoms with Gasteiger partial charge in [-0.3, -0.25) is 14.5 Å². The Morgan fingerprint density at radius 2 is 1.56 bits per heavy atom. The molecule has 0 aromatic heterocycles. The second-order valence-corrected chi connectivity index (χ2v) is 4.39. The summed E-state index contributed by atoms with van der Waals surface area (Å²) in [4.78, 5) is 25.4. The molecule has 1 heterocycles. The fourth-order valence-corrected chi connectivity index (χ4v) is 1.99. The van der Waals surface area contributed by atoms with Gasteiger partial charge in [0.25, 0.3) is 11.8 Å². The summed E-state index contributed by atoms with van der Waals surface area (Å²) in [6.07, 6.45) is 2.63.